The number of carbonyl (C=O) groups is 1. The number of amides is 1. The van der Waals surface area contributed by atoms with Crippen LogP contribution in [0.2, 0.25) is 10.0 Å². The number of hydrogen-bond donors (Lipinski definition) is 1. The first kappa shape index (κ1) is 15.9. The van der Waals surface area contributed by atoms with E-state index in [0.717, 1.165) is 11.8 Å². The number of halogens is 2. The lowest BCUT2D eigenvalue weighted by molar-refractivity contribution is -0.124. The van der Waals surface area contributed by atoms with Gasteiger partial charge in [-0.25, -0.2) is 0 Å². The molecule has 1 N–H and O–H groups in total. The molecule has 0 radical (unpaired) electrons. The van der Waals surface area contributed by atoms with E-state index >= 15 is 0 Å². The van der Waals surface area contributed by atoms with E-state index in [1.54, 1.807) is 18.2 Å². The van der Waals surface area contributed by atoms with E-state index in [0.29, 0.717) is 21.7 Å². The average Bonchev–Trinajstić information content (AvgIpc) is 3.11. The minimum atomic E-state index is -0.105. The van der Waals surface area contributed by atoms with Gasteiger partial charge in [0.05, 0.1) is 5.02 Å². The molecular weight excluding hydrogens is 321 g/mol. The summed E-state index contributed by atoms with van der Waals surface area (Å²) in [7, 11) is 0. The van der Waals surface area contributed by atoms with Gasteiger partial charge in [0.1, 0.15) is 5.75 Å². The fraction of sp³-hybridized carbons (Fsp3) is 0.588. The molecule has 2 bridgehead atoms. The number of benzene rings is 1. The Morgan fingerprint density at radius 2 is 2.18 bits per heavy atom. The number of fused-ring (bicyclic) bond motifs is 2. The second-order valence-corrected chi connectivity index (χ2v) is 7.40. The molecule has 4 atom stereocenters. The topological polar surface area (TPSA) is 38.3 Å². The summed E-state index contributed by atoms with van der Waals surface area (Å²) in [5.74, 6) is 2.64. The van der Waals surface area contributed by atoms with Gasteiger partial charge in [0.25, 0.3) is 5.91 Å². The monoisotopic (exact) mass is 341 g/mol. The van der Waals surface area contributed by atoms with Crippen molar-refractivity contribution in [1.82, 2.24) is 5.32 Å². The van der Waals surface area contributed by atoms with Gasteiger partial charge in [-0.15, -0.1) is 0 Å². The predicted molar refractivity (Wildman–Crippen MR) is 88.5 cm³/mol. The molecule has 120 valence electrons. The van der Waals surface area contributed by atoms with Crippen LogP contribution in [0.25, 0.3) is 0 Å². The standard InChI is InChI=1S/C17H21Cl2NO2/c1-10(14-7-11-2-3-12(14)6-11)20-17(21)9-22-16-8-13(18)4-5-15(16)19/h4-5,8,10-12,14H,2-3,6-7,9H2,1H3,(H,20,21). The van der Waals surface area contributed by atoms with Crippen LogP contribution in [0, 0.1) is 17.8 Å². The Balaban J connectivity index is 1.49. The van der Waals surface area contributed by atoms with Gasteiger partial charge in [0.15, 0.2) is 6.61 Å². The minimum Gasteiger partial charge on any atom is -0.482 e. The van der Waals surface area contributed by atoms with Crippen molar-refractivity contribution in [1.29, 1.82) is 0 Å². The zero-order valence-electron chi connectivity index (χ0n) is 12.6. The number of hydrogen-bond acceptors (Lipinski definition) is 2. The molecule has 3 rings (SSSR count). The van der Waals surface area contributed by atoms with Gasteiger partial charge in [0.2, 0.25) is 0 Å². The fourth-order valence-corrected chi connectivity index (χ4v) is 4.37. The third-order valence-electron chi connectivity index (χ3n) is 5.08. The van der Waals surface area contributed by atoms with Gasteiger partial charge in [-0.2, -0.15) is 0 Å². The molecule has 0 spiro atoms. The lowest BCUT2D eigenvalue weighted by Crippen LogP contribution is -2.42. The molecule has 0 heterocycles. The first-order chi connectivity index (χ1) is 10.5. The minimum absolute atomic E-state index is 0.0365. The number of rotatable bonds is 5. The maximum absolute atomic E-state index is 12.1. The van der Waals surface area contributed by atoms with E-state index in [4.69, 9.17) is 27.9 Å². The van der Waals surface area contributed by atoms with Crippen LogP contribution in [0.4, 0.5) is 0 Å². The maximum Gasteiger partial charge on any atom is 0.258 e. The van der Waals surface area contributed by atoms with Crippen LogP contribution < -0.4 is 10.1 Å². The van der Waals surface area contributed by atoms with Crippen LogP contribution in [-0.2, 0) is 4.79 Å². The quantitative estimate of drug-likeness (QED) is 0.866. The van der Waals surface area contributed by atoms with Crippen molar-refractivity contribution in [2.45, 2.75) is 38.6 Å². The predicted octanol–water partition coefficient (Wildman–Crippen LogP) is 4.31. The highest BCUT2D eigenvalue weighted by molar-refractivity contribution is 6.34. The summed E-state index contributed by atoms with van der Waals surface area (Å²) in [4.78, 5) is 12.1. The summed E-state index contributed by atoms with van der Waals surface area (Å²) in [5.41, 5.74) is 0. The van der Waals surface area contributed by atoms with E-state index < -0.39 is 0 Å². The summed E-state index contributed by atoms with van der Waals surface area (Å²) in [6.45, 7) is 2.07. The van der Waals surface area contributed by atoms with Crippen molar-refractivity contribution in [2.24, 2.45) is 17.8 Å². The summed E-state index contributed by atoms with van der Waals surface area (Å²) < 4.78 is 5.48. The van der Waals surface area contributed by atoms with Crippen LogP contribution in [0.5, 0.6) is 5.75 Å². The Morgan fingerprint density at radius 3 is 2.86 bits per heavy atom. The zero-order chi connectivity index (χ0) is 15.7. The highest BCUT2D eigenvalue weighted by atomic mass is 35.5. The molecule has 0 aliphatic heterocycles. The summed E-state index contributed by atoms with van der Waals surface area (Å²) in [5, 5.41) is 4.06. The first-order valence-electron chi connectivity index (χ1n) is 7.90. The first-order valence-corrected chi connectivity index (χ1v) is 8.65. The fourth-order valence-electron chi connectivity index (χ4n) is 4.04. The summed E-state index contributed by atoms with van der Waals surface area (Å²) in [6, 6.07) is 5.18. The normalized spacial score (nSPS) is 27.7. The molecule has 1 aromatic carbocycles. The molecule has 0 saturated heterocycles. The smallest absolute Gasteiger partial charge is 0.258 e. The van der Waals surface area contributed by atoms with Crippen molar-refractivity contribution in [3.05, 3.63) is 28.2 Å². The van der Waals surface area contributed by atoms with E-state index in [1.165, 1.54) is 25.7 Å². The molecule has 22 heavy (non-hydrogen) atoms. The average molecular weight is 342 g/mol. The lowest BCUT2D eigenvalue weighted by atomic mass is 9.84. The van der Waals surface area contributed by atoms with Crippen LogP contribution in [0.1, 0.15) is 32.6 Å². The largest absolute Gasteiger partial charge is 0.482 e. The Morgan fingerprint density at radius 1 is 1.36 bits per heavy atom. The number of nitrogens with one attached hydrogen (secondary N) is 1. The Hall–Kier alpha value is -0.930. The SMILES string of the molecule is CC(NC(=O)COc1cc(Cl)ccc1Cl)C1CC2CCC1C2. The highest BCUT2D eigenvalue weighted by Crippen LogP contribution is 2.49. The van der Waals surface area contributed by atoms with E-state index in [9.17, 15) is 4.79 Å². The van der Waals surface area contributed by atoms with Crippen molar-refractivity contribution in [2.75, 3.05) is 6.61 Å². The molecule has 4 unspecified atom stereocenters. The third-order valence-corrected chi connectivity index (χ3v) is 5.62. The Bertz CT molecular complexity index is 564. The Kier molecular flexibility index (Phi) is 4.84. The van der Waals surface area contributed by atoms with E-state index in [1.807, 2.05) is 0 Å². The molecule has 0 aromatic heterocycles. The second-order valence-electron chi connectivity index (χ2n) is 6.56. The van der Waals surface area contributed by atoms with Gasteiger partial charge >= 0.3 is 0 Å². The summed E-state index contributed by atoms with van der Waals surface area (Å²) >= 11 is 11.9. The van der Waals surface area contributed by atoms with Crippen molar-refractivity contribution >= 4 is 29.1 Å². The molecule has 2 aliphatic carbocycles. The molecule has 1 aromatic rings. The zero-order valence-corrected chi connectivity index (χ0v) is 14.2. The van der Waals surface area contributed by atoms with Gasteiger partial charge < -0.3 is 10.1 Å². The van der Waals surface area contributed by atoms with E-state index in [2.05, 4.69) is 12.2 Å². The maximum atomic E-state index is 12.1. The van der Waals surface area contributed by atoms with Crippen LogP contribution in [0.3, 0.4) is 0 Å². The summed E-state index contributed by atoms with van der Waals surface area (Å²) in [6.07, 6.45) is 5.30. The van der Waals surface area contributed by atoms with Crippen molar-refractivity contribution in [3.8, 4) is 5.75 Å². The number of carbonyl (C=O) groups excluding carboxylic acids is 1. The van der Waals surface area contributed by atoms with Gasteiger partial charge in [-0.3, -0.25) is 4.79 Å². The van der Waals surface area contributed by atoms with Crippen LogP contribution in [-0.4, -0.2) is 18.6 Å². The second kappa shape index (κ2) is 6.67. The number of ether oxygens (including phenoxy) is 1. The van der Waals surface area contributed by atoms with Crippen molar-refractivity contribution < 1.29 is 9.53 Å². The van der Waals surface area contributed by atoms with Gasteiger partial charge in [-0.05, 0) is 56.1 Å². The molecular formula is C17H21Cl2NO2. The molecule has 3 nitrogen and oxygen atoms in total. The van der Waals surface area contributed by atoms with E-state index in [-0.39, 0.29) is 18.6 Å². The molecule has 5 heteroatoms. The van der Waals surface area contributed by atoms with Gasteiger partial charge in [0, 0.05) is 17.1 Å². The lowest BCUT2D eigenvalue weighted by Gasteiger charge is -2.28. The third kappa shape index (κ3) is 3.52. The van der Waals surface area contributed by atoms with Gasteiger partial charge in [-0.1, -0.05) is 29.6 Å². The Labute approximate surface area is 141 Å². The molecule has 1 amide bonds. The molecule has 2 aliphatic rings. The van der Waals surface area contributed by atoms with Crippen molar-refractivity contribution in [3.63, 3.8) is 0 Å². The molecule has 2 fully saturated rings. The molecule has 2 saturated carbocycles. The van der Waals surface area contributed by atoms with Crippen LogP contribution >= 0.6 is 23.2 Å². The highest BCUT2D eigenvalue weighted by Gasteiger charge is 2.42. The van der Waals surface area contributed by atoms with Crippen LogP contribution in [0.15, 0.2) is 18.2 Å².